The number of amides is 1. The van der Waals surface area contributed by atoms with E-state index in [1.54, 1.807) is 18.2 Å². The first-order valence-corrected chi connectivity index (χ1v) is 6.51. The molecule has 22 heavy (non-hydrogen) atoms. The molecule has 2 aromatic rings. The van der Waals surface area contributed by atoms with Crippen molar-refractivity contribution in [1.82, 2.24) is 4.98 Å². The van der Waals surface area contributed by atoms with Gasteiger partial charge in [-0.1, -0.05) is 41.9 Å². The molecule has 3 nitrogen and oxygen atoms in total. The second-order valence-electron chi connectivity index (χ2n) is 4.29. The van der Waals surface area contributed by atoms with E-state index in [1.165, 1.54) is 6.08 Å². The quantitative estimate of drug-likeness (QED) is 0.849. The highest BCUT2D eigenvalue weighted by atomic mass is 35.5. The Balaban J connectivity index is 2.08. The summed E-state index contributed by atoms with van der Waals surface area (Å²) in [6.45, 7) is 0. The number of halogens is 4. The van der Waals surface area contributed by atoms with Gasteiger partial charge in [-0.3, -0.25) is 4.79 Å². The van der Waals surface area contributed by atoms with Crippen molar-refractivity contribution in [3.8, 4) is 0 Å². The summed E-state index contributed by atoms with van der Waals surface area (Å²) in [5.74, 6) is -0.671. The molecule has 1 amide bonds. The Hall–Kier alpha value is -2.34. The van der Waals surface area contributed by atoms with Gasteiger partial charge in [0.1, 0.15) is 0 Å². The topological polar surface area (TPSA) is 42.0 Å². The smallest absolute Gasteiger partial charge is 0.306 e. The molecule has 0 fully saturated rings. The molecule has 2 rings (SSSR count). The van der Waals surface area contributed by atoms with Gasteiger partial charge in [0.2, 0.25) is 5.91 Å². The van der Waals surface area contributed by atoms with Crippen molar-refractivity contribution < 1.29 is 18.0 Å². The molecular formula is C15H10ClF3N2O. The molecule has 0 bridgehead atoms. The number of anilines is 1. The molecule has 0 aliphatic heterocycles. The van der Waals surface area contributed by atoms with Crippen LogP contribution in [0.3, 0.4) is 0 Å². The van der Waals surface area contributed by atoms with Gasteiger partial charge in [-0.25, -0.2) is 4.98 Å². The Morgan fingerprint density at radius 1 is 1.23 bits per heavy atom. The maximum Gasteiger partial charge on any atom is 0.417 e. The van der Waals surface area contributed by atoms with Gasteiger partial charge in [-0.2, -0.15) is 13.2 Å². The maximum atomic E-state index is 12.5. The van der Waals surface area contributed by atoms with Crippen LogP contribution in [0.1, 0.15) is 11.1 Å². The molecule has 114 valence electrons. The van der Waals surface area contributed by atoms with Crippen LogP contribution in [0.4, 0.5) is 19.0 Å². The Bertz CT molecular complexity index is 700. The van der Waals surface area contributed by atoms with E-state index in [2.05, 4.69) is 10.3 Å². The van der Waals surface area contributed by atoms with Crippen LogP contribution in [0.5, 0.6) is 0 Å². The van der Waals surface area contributed by atoms with Gasteiger partial charge in [0.05, 0.1) is 10.6 Å². The zero-order chi connectivity index (χ0) is 16.2. The van der Waals surface area contributed by atoms with Crippen molar-refractivity contribution in [3.63, 3.8) is 0 Å². The number of carbonyl (C=O) groups excluding carboxylic acids is 1. The molecule has 0 aliphatic rings. The van der Waals surface area contributed by atoms with E-state index in [4.69, 9.17) is 11.6 Å². The minimum atomic E-state index is -4.54. The zero-order valence-corrected chi connectivity index (χ0v) is 11.8. The lowest BCUT2D eigenvalue weighted by Crippen LogP contribution is -2.11. The average Bonchev–Trinajstić information content (AvgIpc) is 2.47. The normalized spacial score (nSPS) is 11.6. The van der Waals surface area contributed by atoms with E-state index >= 15 is 0 Å². The molecule has 0 radical (unpaired) electrons. The molecule has 0 saturated heterocycles. The van der Waals surface area contributed by atoms with E-state index in [1.807, 2.05) is 18.2 Å². The van der Waals surface area contributed by atoms with E-state index in [0.29, 0.717) is 12.3 Å². The van der Waals surface area contributed by atoms with E-state index in [0.717, 1.165) is 5.56 Å². The summed E-state index contributed by atoms with van der Waals surface area (Å²) in [6, 6.07) is 9.77. The van der Waals surface area contributed by atoms with Crippen LogP contribution >= 0.6 is 11.6 Å². The predicted molar refractivity (Wildman–Crippen MR) is 78.4 cm³/mol. The first-order valence-electron chi connectivity index (χ1n) is 6.13. The van der Waals surface area contributed by atoms with E-state index < -0.39 is 17.6 Å². The molecule has 0 unspecified atom stereocenters. The lowest BCUT2D eigenvalue weighted by atomic mass is 10.2. The van der Waals surface area contributed by atoms with Crippen LogP contribution in [0.2, 0.25) is 5.02 Å². The molecule has 0 saturated carbocycles. The fourth-order valence-corrected chi connectivity index (χ4v) is 1.79. The van der Waals surface area contributed by atoms with Gasteiger partial charge in [0.25, 0.3) is 0 Å². The van der Waals surface area contributed by atoms with Crippen LogP contribution in [0.25, 0.3) is 6.08 Å². The molecule has 0 aliphatic carbocycles. The number of hydrogen-bond acceptors (Lipinski definition) is 2. The van der Waals surface area contributed by atoms with Crippen molar-refractivity contribution in [2.24, 2.45) is 0 Å². The van der Waals surface area contributed by atoms with Gasteiger partial charge in [0.15, 0.2) is 5.82 Å². The number of alkyl halides is 3. The highest BCUT2D eigenvalue weighted by molar-refractivity contribution is 6.33. The average molecular weight is 327 g/mol. The minimum Gasteiger partial charge on any atom is -0.306 e. The Kier molecular flexibility index (Phi) is 4.82. The molecule has 1 N–H and O–H groups in total. The molecule has 1 aromatic carbocycles. The second kappa shape index (κ2) is 6.62. The van der Waals surface area contributed by atoms with Crippen LogP contribution < -0.4 is 5.32 Å². The highest BCUT2D eigenvalue weighted by Crippen LogP contribution is 2.32. The number of pyridine rings is 1. The third-order valence-electron chi connectivity index (χ3n) is 2.64. The third kappa shape index (κ3) is 4.33. The summed E-state index contributed by atoms with van der Waals surface area (Å²) in [6.07, 6.45) is -1.12. The monoisotopic (exact) mass is 326 g/mol. The summed E-state index contributed by atoms with van der Waals surface area (Å²) in [4.78, 5) is 15.2. The van der Waals surface area contributed by atoms with Crippen molar-refractivity contribution in [1.29, 1.82) is 0 Å². The van der Waals surface area contributed by atoms with Crippen molar-refractivity contribution >= 4 is 29.4 Å². The molecule has 1 heterocycles. The van der Waals surface area contributed by atoms with Crippen molar-refractivity contribution in [2.75, 3.05) is 5.32 Å². The summed E-state index contributed by atoms with van der Waals surface area (Å²) in [5, 5.41) is 2.04. The first kappa shape index (κ1) is 16.0. The van der Waals surface area contributed by atoms with Gasteiger partial charge in [0, 0.05) is 12.3 Å². The minimum absolute atomic E-state index is 0.127. The summed E-state index contributed by atoms with van der Waals surface area (Å²) < 4.78 is 37.4. The molecule has 0 spiro atoms. The molecular weight excluding hydrogens is 317 g/mol. The zero-order valence-electron chi connectivity index (χ0n) is 11.1. The molecule has 1 aromatic heterocycles. The van der Waals surface area contributed by atoms with Crippen molar-refractivity contribution in [2.45, 2.75) is 6.18 Å². The fourth-order valence-electron chi connectivity index (χ4n) is 1.58. The second-order valence-corrected chi connectivity index (χ2v) is 4.69. The molecule has 0 atom stereocenters. The van der Waals surface area contributed by atoms with Gasteiger partial charge in [-0.15, -0.1) is 0 Å². The molecule has 7 heteroatoms. The Morgan fingerprint density at radius 3 is 2.50 bits per heavy atom. The number of carbonyl (C=O) groups is 1. The Labute approximate surface area is 129 Å². The Morgan fingerprint density at radius 2 is 1.91 bits per heavy atom. The summed E-state index contributed by atoms with van der Waals surface area (Å²) >= 11 is 5.70. The van der Waals surface area contributed by atoms with Crippen LogP contribution in [0.15, 0.2) is 48.7 Å². The number of hydrogen-bond donors (Lipinski definition) is 1. The number of aromatic nitrogens is 1. The van der Waals surface area contributed by atoms with Crippen LogP contribution in [0, 0.1) is 0 Å². The number of rotatable bonds is 3. The third-order valence-corrected chi connectivity index (χ3v) is 2.92. The SMILES string of the molecule is O=C(/C=C/c1ccccc1)Nc1ncc(C(F)(F)F)cc1Cl. The predicted octanol–water partition coefficient (Wildman–Crippen LogP) is 4.41. The largest absolute Gasteiger partial charge is 0.417 e. The fraction of sp³-hybridized carbons (Fsp3) is 0.0667. The number of nitrogens with zero attached hydrogens (tertiary/aromatic N) is 1. The van der Waals surface area contributed by atoms with Crippen molar-refractivity contribution in [3.05, 3.63) is 64.8 Å². The van der Waals surface area contributed by atoms with Gasteiger partial charge >= 0.3 is 6.18 Å². The lowest BCUT2D eigenvalue weighted by Gasteiger charge is -2.09. The maximum absolute atomic E-state index is 12.5. The van der Waals surface area contributed by atoms with Crippen LogP contribution in [-0.4, -0.2) is 10.9 Å². The number of benzene rings is 1. The lowest BCUT2D eigenvalue weighted by molar-refractivity contribution is -0.137. The van der Waals surface area contributed by atoms with Gasteiger partial charge in [-0.05, 0) is 17.7 Å². The van der Waals surface area contributed by atoms with E-state index in [9.17, 15) is 18.0 Å². The summed E-state index contributed by atoms with van der Waals surface area (Å²) in [7, 11) is 0. The summed E-state index contributed by atoms with van der Waals surface area (Å²) in [5.41, 5.74) is -0.167. The van der Waals surface area contributed by atoms with Crippen LogP contribution in [-0.2, 0) is 11.0 Å². The van der Waals surface area contributed by atoms with Gasteiger partial charge < -0.3 is 5.32 Å². The highest BCUT2D eigenvalue weighted by Gasteiger charge is 2.31. The number of nitrogens with one attached hydrogen (secondary N) is 1. The standard InChI is InChI=1S/C15H10ClF3N2O/c16-12-8-11(15(17,18)19)9-20-14(12)21-13(22)7-6-10-4-2-1-3-5-10/h1-9H,(H,20,21,22)/b7-6+. The van der Waals surface area contributed by atoms with E-state index in [-0.39, 0.29) is 10.8 Å². The first-order chi connectivity index (χ1) is 10.4.